The van der Waals surface area contributed by atoms with Gasteiger partial charge in [-0.05, 0) is 31.2 Å². The van der Waals surface area contributed by atoms with Gasteiger partial charge in [0.2, 0.25) is 0 Å². The summed E-state index contributed by atoms with van der Waals surface area (Å²) < 4.78 is 1.14. The Labute approximate surface area is 145 Å². The van der Waals surface area contributed by atoms with Crippen molar-refractivity contribution < 1.29 is 4.79 Å². The van der Waals surface area contributed by atoms with Crippen LogP contribution in [0.4, 0.5) is 5.82 Å². The van der Waals surface area contributed by atoms with Crippen molar-refractivity contribution in [1.82, 2.24) is 9.97 Å². The quantitative estimate of drug-likeness (QED) is 0.675. The molecule has 0 aliphatic carbocycles. The fraction of sp³-hybridized carbons (Fsp3) is 0.316. The molecule has 0 spiro atoms. The number of nitrogens with zero attached hydrogens (tertiary/aromatic N) is 3. The highest BCUT2D eigenvalue weighted by Crippen LogP contribution is 2.31. The number of hydrogen-bond donors (Lipinski definition) is 0. The van der Waals surface area contributed by atoms with Gasteiger partial charge in [0.05, 0.1) is 10.2 Å². The van der Waals surface area contributed by atoms with Crippen LogP contribution in [0.2, 0.25) is 0 Å². The Bertz CT molecular complexity index is 864. The first-order chi connectivity index (χ1) is 11.7. The van der Waals surface area contributed by atoms with Gasteiger partial charge >= 0.3 is 0 Å². The number of benzene rings is 1. The van der Waals surface area contributed by atoms with Crippen LogP contribution in [0.5, 0.6) is 0 Å². The Morgan fingerprint density at radius 2 is 1.88 bits per heavy atom. The first-order valence-corrected chi connectivity index (χ1v) is 9.14. The fourth-order valence-electron chi connectivity index (χ4n) is 3.31. The lowest BCUT2D eigenvalue weighted by Crippen LogP contribution is -2.36. The standard InChI is InChI=1S/C19H19N3OS/c1-13-2-4-14(5-3-13)17(23)15-6-9-22(10-7-15)19-18-16(8-11-24-18)20-12-21-19/h2-5,8,11-12,15H,6-7,9-10H2,1H3. The molecule has 1 saturated heterocycles. The van der Waals surface area contributed by atoms with Crippen molar-refractivity contribution in [3.63, 3.8) is 0 Å². The molecule has 0 N–H and O–H groups in total. The number of carbonyl (C=O) groups excluding carboxylic acids is 1. The third-order valence-electron chi connectivity index (χ3n) is 4.73. The van der Waals surface area contributed by atoms with E-state index in [9.17, 15) is 4.79 Å². The number of piperidine rings is 1. The van der Waals surface area contributed by atoms with E-state index in [4.69, 9.17) is 0 Å². The fourth-order valence-corrected chi connectivity index (χ4v) is 4.17. The summed E-state index contributed by atoms with van der Waals surface area (Å²) in [7, 11) is 0. The van der Waals surface area contributed by atoms with Crippen molar-refractivity contribution >= 4 is 33.2 Å². The van der Waals surface area contributed by atoms with Gasteiger partial charge in [0, 0.05) is 24.6 Å². The van der Waals surface area contributed by atoms with Crippen LogP contribution in [0.1, 0.15) is 28.8 Å². The second-order valence-corrected chi connectivity index (χ2v) is 7.24. The minimum absolute atomic E-state index is 0.115. The number of fused-ring (bicyclic) bond motifs is 1. The number of aromatic nitrogens is 2. The smallest absolute Gasteiger partial charge is 0.166 e. The van der Waals surface area contributed by atoms with E-state index < -0.39 is 0 Å². The maximum Gasteiger partial charge on any atom is 0.166 e. The largest absolute Gasteiger partial charge is 0.355 e. The molecule has 0 atom stereocenters. The zero-order valence-electron chi connectivity index (χ0n) is 13.6. The summed E-state index contributed by atoms with van der Waals surface area (Å²) in [6, 6.07) is 9.94. The number of hydrogen-bond acceptors (Lipinski definition) is 5. The van der Waals surface area contributed by atoms with E-state index >= 15 is 0 Å². The average Bonchev–Trinajstić information content (AvgIpc) is 3.11. The lowest BCUT2D eigenvalue weighted by Gasteiger charge is -2.32. The molecular formula is C19H19N3OS. The maximum absolute atomic E-state index is 12.7. The molecule has 0 amide bonds. The van der Waals surface area contributed by atoms with Gasteiger partial charge in [0.25, 0.3) is 0 Å². The molecule has 2 aromatic heterocycles. The highest BCUT2D eigenvalue weighted by molar-refractivity contribution is 7.17. The maximum atomic E-state index is 12.7. The number of thiophene rings is 1. The van der Waals surface area contributed by atoms with Crippen LogP contribution in [0.3, 0.4) is 0 Å². The van der Waals surface area contributed by atoms with Crippen LogP contribution >= 0.6 is 11.3 Å². The summed E-state index contributed by atoms with van der Waals surface area (Å²) in [5.41, 5.74) is 3.02. The second-order valence-electron chi connectivity index (χ2n) is 6.32. The molecule has 4 nitrogen and oxygen atoms in total. The molecular weight excluding hydrogens is 318 g/mol. The number of rotatable bonds is 3. The summed E-state index contributed by atoms with van der Waals surface area (Å²) in [5.74, 6) is 1.40. The van der Waals surface area contributed by atoms with Gasteiger partial charge in [0.15, 0.2) is 5.78 Å². The molecule has 1 aliphatic heterocycles. The van der Waals surface area contributed by atoms with Crippen LogP contribution in [-0.4, -0.2) is 28.8 Å². The molecule has 3 aromatic rings. The van der Waals surface area contributed by atoms with E-state index in [-0.39, 0.29) is 11.7 Å². The highest BCUT2D eigenvalue weighted by atomic mass is 32.1. The van der Waals surface area contributed by atoms with Gasteiger partial charge in [-0.2, -0.15) is 0 Å². The minimum atomic E-state index is 0.115. The molecule has 122 valence electrons. The Balaban J connectivity index is 1.48. The molecule has 5 heteroatoms. The van der Waals surface area contributed by atoms with Crippen LogP contribution in [-0.2, 0) is 0 Å². The van der Waals surface area contributed by atoms with Crippen molar-refractivity contribution in [2.24, 2.45) is 5.92 Å². The molecule has 24 heavy (non-hydrogen) atoms. The van der Waals surface area contributed by atoms with Crippen LogP contribution in [0, 0.1) is 12.8 Å². The van der Waals surface area contributed by atoms with E-state index in [1.807, 2.05) is 37.3 Å². The third kappa shape index (κ3) is 2.80. The van der Waals surface area contributed by atoms with Crippen molar-refractivity contribution in [3.8, 4) is 0 Å². The summed E-state index contributed by atoms with van der Waals surface area (Å²) >= 11 is 1.68. The number of aryl methyl sites for hydroxylation is 1. The van der Waals surface area contributed by atoms with Crippen LogP contribution in [0.15, 0.2) is 42.0 Å². The van der Waals surface area contributed by atoms with Crippen molar-refractivity contribution in [1.29, 1.82) is 0 Å². The molecule has 1 aliphatic rings. The number of anilines is 1. The van der Waals surface area contributed by atoms with Gasteiger partial charge in [-0.25, -0.2) is 9.97 Å². The topological polar surface area (TPSA) is 46.1 Å². The molecule has 0 bridgehead atoms. The molecule has 0 unspecified atom stereocenters. The first kappa shape index (κ1) is 15.3. The molecule has 1 fully saturated rings. The molecule has 0 radical (unpaired) electrons. The lowest BCUT2D eigenvalue weighted by atomic mass is 9.88. The van der Waals surface area contributed by atoms with Gasteiger partial charge in [-0.1, -0.05) is 29.8 Å². The van der Waals surface area contributed by atoms with E-state index in [0.29, 0.717) is 0 Å². The monoisotopic (exact) mass is 337 g/mol. The van der Waals surface area contributed by atoms with Gasteiger partial charge in [-0.3, -0.25) is 4.79 Å². The van der Waals surface area contributed by atoms with Crippen LogP contribution < -0.4 is 4.90 Å². The summed E-state index contributed by atoms with van der Waals surface area (Å²) in [5, 5.41) is 2.05. The lowest BCUT2D eigenvalue weighted by molar-refractivity contribution is 0.0900. The van der Waals surface area contributed by atoms with E-state index in [0.717, 1.165) is 47.5 Å². The predicted molar refractivity (Wildman–Crippen MR) is 97.9 cm³/mol. The summed E-state index contributed by atoms with van der Waals surface area (Å²) in [4.78, 5) is 23.8. The van der Waals surface area contributed by atoms with Crippen molar-refractivity contribution in [3.05, 3.63) is 53.2 Å². The summed E-state index contributed by atoms with van der Waals surface area (Å²) in [6.45, 7) is 3.78. The van der Waals surface area contributed by atoms with E-state index in [1.54, 1.807) is 17.7 Å². The van der Waals surface area contributed by atoms with Gasteiger partial charge < -0.3 is 4.90 Å². The summed E-state index contributed by atoms with van der Waals surface area (Å²) in [6.07, 6.45) is 3.39. The number of ketones is 1. The molecule has 0 saturated carbocycles. The Kier molecular flexibility index (Phi) is 4.02. The predicted octanol–water partition coefficient (Wildman–Crippen LogP) is 4.10. The van der Waals surface area contributed by atoms with Crippen LogP contribution in [0.25, 0.3) is 10.2 Å². The number of carbonyl (C=O) groups is 1. The van der Waals surface area contributed by atoms with E-state index in [2.05, 4.69) is 20.2 Å². The number of Topliss-reactive ketones (excluding diaryl/α,β-unsaturated/α-hetero) is 1. The highest BCUT2D eigenvalue weighted by Gasteiger charge is 2.27. The average molecular weight is 337 g/mol. The molecule has 1 aromatic carbocycles. The second kappa shape index (κ2) is 6.32. The SMILES string of the molecule is Cc1ccc(C(=O)C2CCN(c3ncnc4ccsc34)CC2)cc1. The van der Waals surface area contributed by atoms with Gasteiger partial charge in [-0.15, -0.1) is 11.3 Å². The molecule has 4 rings (SSSR count). The van der Waals surface area contributed by atoms with Crippen molar-refractivity contribution in [2.75, 3.05) is 18.0 Å². The van der Waals surface area contributed by atoms with E-state index in [1.165, 1.54) is 5.56 Å². The molecule has 3 heterocycles. The van der Waals surface area contributed by atoms with Gasteiger partial charge in [0.1, 0.15) is 12.1 Å². The minimum Gasteiger partial charge on any atom is -0.355 e. The van der Waals surface area contributed by atoms with Crippen molar-refractivity contribution in [2.45, 2.75) is 19.8 Å². The Morgan fingerprint density at radius 3 is 2.62 bits per heavy atom. The third-order valence-corrected chi connectivity index (χ3v) is 5.63. The first-order valence-electron chi connectivity index (χ1n) is 8.26. The Morgan fingerprint density at radius 1 is 1.12 bits per heavy atom. The zero-order valence-corrected chi connectivity index (χ0v) is 14.4. The normalized spacial score (nSPS) is 15.8. The Hall–Kier alpha value is -2.27. The zero-order chi connectivity index (χ0) is 16.5.